The van der Waals surface area contributed by atoms with E-state index in [9.17, 15) is 0 Å². The minimum atomic E-state index is 0. The van der Waals surface area contributed by atoms with Crippen molar-refractivity contribution in [1.29, 1.82) is 0 Å². The third kappa shape index (κ3) is 4.69. The highest BCUT2D eigenvalue weighted by molar-refractivity contribution is 14.0. The second kappa shape index (κ2) is 8.68. The molecule has 0 saturated carbocycles. The molecule has 0 bridgehead atoms. The van der Waals surface area contributed by atoms with Crippen molar-refractivity contribution in [2.24, 2.45) is 4.99 Å². The van der Waals surface area contributed by atoms with Crippen LogP contribution in [0.3, 0.4) is 0 Å². The van der Waals surface area contributed by atoms with Gasteiger partial charge in [-0.15, -0.1) is 35.3 Å². The molecule has 0 atom stereocenters. The van der Waals surface area contributed by atoms with Gasteiger partial charge in [0.25, 0.3) is 0 Å². The summed E-state index contributed by atoms with van der Waals surface area (Å²) in [5.74, 6) is 2.04. The molecule has 5 nitrogen and oxygen atoms in total. The number of rotatable bonds is 4. The summed E-state index contributed by atoms with van der Waals surface area (Å²) in [7, 11) is 1.80. The lowest BCUT2D eigenvalue weighted by Crippen LogP contribution is -2.36. The molecule has 0 fully saturated rings. The van der Waals surface area contributed by atoms with Gasteiger partial charge in [0.05, 0.1) is 18.8 Å². The monoisotopic (exact) mass is 445 g/mol. The number of imidazole rings is 1. The summed E-state index contributed by atoms with van der Waals surface area (Å²) in [5.41, 5.74) is 2.42. The second-order valence-corrected chi connectivity index (χ2v) is 6.61. The minimum absolute atomic E-state index is 0. The Morgan fingerprint density at radius 1 is 1.35 bits per heavy atom. The van der Waals surface area contributed by atoms with E-state index in [1.807, 2.05) is 0 Å². The molecular weight excluding hydrogens is 421 g/mol. The Bertz CT molecular complexity index is 638. The van der Waals surface area contributed by atoms with Crippen LogP contribution in [0.1, 0.15) is 34.8 Å². The fourth-order valence-electron chi connectivity index (χ4n) is 2.70. The van der Waals surface area contributed by atoms with E-state index in [1.165, 1.54) is 29.1 Å². The minimum Gasteiger partial charge on any atom is -0.352 e. The third-order valence-electron chi connectivity index (χ3n) is 4.00. The zero-order valence-corrected chi connectivity index (χ0v) is 16.8. The molecule has 2 N–H and O–H groups in total. The fourth-order valence-corrected chi connectivity index (χ4v) is 3.55. The van der Waals surface area contributed by atoms with Gasteiger partial charge in [-0.25, -0.2) is 4.98 Å². The quantitative estimate of drug-likeness (QED) is 0.432. The van der Waals surface area contributed by atoms with Gasteiger partial charge in [0.2, 0.25) is 0 Å². The molecule has 0 amide bonds. The largest absolute Gasteiger partial charge is 0.352 e. The van der Waals surface area contributed by atoms with Crippen LogP contribution in [0.4, 0.5) is 0 Å². The van der Waals surface area contributed by atoms with Crippen LogP contribution in [-0.2, 0) is 26.1 Å². The van der Waals surface area contributed by atoms with E-state index in [1.54, 1.807) is 18.4 Å². The highest BCUT2D eigenvalue weighted by atomic mass is 127. The van der Waals surface area contributed by atoms with Crippen LogP contribution in [0.25, 0.3) is 0 Å². The zero-order valence-electron chi connectivity index (χ0n) is 13.6. The Kier molecular flexibility index (Phi) is 6.88. The van der Waals surface area contributed by atoms with Crippen LogP contribution in [0.2, 0.25) is 0 Å². The first-order valence-electron chi connectivity index (χ1n) is 7.78. The van der Waals surface area contributed by atoms with Crippen molar-refractivity contribution >= 4 is 41.3 Å². The van der Waals surface area contributed by atoms with Crippen molar-refractivity contribution in [3.63, 3.8) is 0 Å². The summed E-state index contributed by atoms with van der Waals surface area (Å²) in [6.45, 7) is 4.76. The summed E-state index contributed by atoms with van der Waals surface area (Å²) in [6, 6.07) is 2.15. The number of aromatic nitrogens is 2. The number of fused-ring (bicyclic) bond motifs is 1. The lowest BCUT2D eigenvalue weighted by molar-refractivity contribution is 0.522. The second-order valence-electron chi connectivity index (χ2n) is 5.61. The predicted molar refractivity (Wildman–Crippen MR) is 107 cm³/mol. The molecule has 2 aromatic rings. The molecule has 23 heavy (non-hydrogen) atoms. The van der Waals surface area contributed by atoms with Crippen molar-refractivity contribution in [2.75, 3.05) is 7.05 Å². The Labute approximate surface area is 158 Å². The molecular formula is C16H24IN5S. The maximum absolute atomic E-state index is 4.70. The third-order valence-corrected chi connectivity index (χ3v) is 5.03. The van der Waals surface area contributed by atoms with Gasteiger partial charge >= 0.3 is 0 Å². The molecule has 3 rings (SSSR count). The molecule has 126 valence electrons. The van der Waals surface area contributed by atoms with E-state index in [4.69, 9.17) is 4.98 Å². The van der Waals surface area contributed by atoms with Gasteiger partial charge in [0.1, 0.15) is 5.82 Å². The topological polar surface area (TPSA) is 54.2 Å². The first kappa shape index (κ1) is 18.3. The van der Waals surface area contributed by atoms with E-state index >= 15 is 0 Å². The molecule has 0 saturated heterocycles. The number of nitrogens with zero attached hydrogens (tertiary/aromatic N) is 3. The van der Waals surface area contributed by atoms with Crippen molar-refractivity contribution in [3.8, 4) is 0 Å². The number of hydrogen-bond acceptors (Lipinski definition) is 3. The Morgan fingerprint density at radius 3 is 2.87 bits per heavy atom. The van der Waals surface area contributed by atoms with Crippen molar-refractivity contribution in [3.05, 3.63) is 39.6 Å². The lowest BCUT2D eigenvalue weighted by atomic mass is 10.2. The zero-order chi connectivity index (χ0) is 15.4. The summed E-state index contributed by atoms with van der Waals surface area (Å²) in [5, 5.41) is 8.83. The number of aliphatic imine (C=N–C) groups is 1. The summed E-state index contributed by atoms with van der Waals surface area (Å²) in [6.07, 6.45) is 5.79. The molecule has 3 heterocycles. The van der Waals surface area contributed by atoms with Crippen LogP contribution in [-0.4, -0.2) is 22.6 Å². The highest BCUT2D eigenvalue weighted by Crippen LogP contribution is 2.15. The first-order chi connectivity index (χ1) is 10.8. The van der Waals surface area contributed by atoms with E-state index in [-0.39, 0.29) is 24.0 Å². The van der Waals surface area contributed by atoms with Gasteiger partial charge in [-0.05, 0) is 36.8 Å². The maximum Gasteiger partial charge on any atom is 0.191 e. The Morgan fingerprint density at radius 2 is 2.17 bits per heavy atom. The van der Waals surface area contributed by atoms with Gasteiger partial charge in [-0.1, -0.05) is 0 Å². The first-order valence-corrected chi connectivity index (χ1v) is 8.66. The molecule has 2 aromatic heterocycles. The van der Waals surface area contributed by atoms with Crippen molar-refractivity contribution < 1.29 is 0 Å². The predicted octanol–water partition coefficient (Wildman–Crippen LogP) is 3.07. The summed E-state index contributed by atoms with van der Waals surface area (Å²) >= 11 is 1.77. The van der Waals surface area contributed by atoms with Gasteiger partial charge < -0.3 is 15.2 Å². The normalized spacial score (nSPS) is 14.1. The number of halogens is 1. The Hall–Kier alpha value is -1.09. The van der Waals surface area contributed by atoms with E-state index in [0.717, 1.165) is 31.2 Å². The van der Waals surface area contributed by atoms with Crippen LogP contribution in [0.15, 0.2) is 22.6 Å². The highest BCUT2D eigenvalue weighted by Gasteiger charge is 2.12. The van der Waals surface area contributed by atoms with Crippen LogP contribution < -0.4 is 10.6 Å². The van der Waals surface area contributed by atoms with Gasteiger partial charge in [0.15, 0.2) is 5.96 Å². The maximum atomic E-state index is 4.70. The van der Waals surface area contributed by atoms with Crippen LogP contribution in [0, 0.1) is 6.92 Å². The standard InChI is InChI=1S/C16H23N5S.HI/c1-12-6-8-22-14(12)10-19-16(17-2)18-9-13-11-21-7-4-3-5-15(21)20-13;/h6,8,11H,3-5,7,9-10H2,1-2H3,(H2,17,18,19);1H. The number of aryl methyl sites for hydroxylation is 3. The molecule has 0 aromatic carbocycles. The van der Waals surface area contributed by atoms with Crippen LogP contribution >= 0.6 is 35.3 Å². The summed E-state index contributed by atoms with van der Waals surface area (Å²) < 4.78 is 2.28. The van der Waals surface area contributed by atoms with Crippen molar-refractivity contribution in [2.45, 2.75) is 45.8 Å². The lowest BCUT2D eigenvalue weighted by Gasteiger charge is -2.11. The molecule has 1 aliphatic heterocycles. The van der Waals surface area contributed by atoms with Gasteiger partial charge in [0, 0.05) is 31.1 Å². The van der Waals surface area contributed by atoms with E-state index < -0.39 is 0 Å². The molecule has 0 spiro atoms. The SMILES string of the molecule is CN=C(NCc1cn2c(n1)CCCC2)NCc1sccc1C.I. The van der Waals surface area contributed by atoms with Gasteiger partial charge in [-0.2, -0.15) is 0 Å². The number of hydrogen-bond donors (Lipinski definition) is 2. The molecule has 0 aliphatic carbocycles. The average Bonchev–Trinajstić information content (AvgIpc) is 3.13. The molecule has 0 unspecified atom stereocenters. The van der Waals surface area contributed by atoms with Crippen molar-refractivity contribution in [1.82, 2.24) is 20.2 Å². The summed E-state index contributed by atoms with van der Waals surface area (Å²) in [4.78, 5) is 10.3. The van der Waals surface area contributed by atoms with E-state index in [2.05, 4.69) is 44.8 Å². The van der Waals surface area contributed by atoms with Gasteiger partial charge in [-0.3, -0.25) is 4.99 Å². The average molecular weight is 445 g/mol. The number of nitrogens with one attached hydrogen (secondary N) is 2. The smallest absolute Gasteiger partial charge is 0.191 e. The Balaban J connectivity index is 0.00000192. The fraction of sp³-hybridized carbons (Fsp3) is 0.500. The number of thiophene rings is 1. The molecule has 0 radical (unpaired) electrons. The molecule has 7 heteroatoms. The number of guanidine groups is 1. The van der Waals surface area contributed by atoms with E-state index in [0.29, 0.717) is 6.54 Å². The van der Waals surface area contributed by atoms with Crippen LogP contribution in [0.5, 0.6) is 0 Å². The molecule has 1 aliphatic rings.